The van der Waals surface area contributed by atoms with E-state index in [9.17, 15) is 9.36 Å². The Kier molecular flexibility index (Phi) is 6.78. The summed E-state index contributed by atoms with van der Waals surface area (Å²) in [5.74, 6) is -2.40. The average Bonchev–Trinajstić information content (AvgIpc) is 3.18. The number of carbonyl (C=O) groups excluding carboxylic acids is 1. The van der Waals surface area contributed by atoms with Gasteiger partial charge in [-0.3, -0.25) is 9.36 Å². The first-order valence-corrected chi connectivity index (χ1v) is 11.6. The van der Waals surface area contributed by atoms with Crippen LogP contribution in [0, 0.1) is 0 Å². The minimum atomic E-state index is -3.59. The molecule has 5 atom stereocenters. The van der Waals surface area contributed by atoms with Gasteiger partial charge in [0.1, 0.15) is 18.4 Å². The van der Waals surface area contributed by atoms with Gasteiger partial charge in [-0.05, 0) is 41.5 Å². The fraction of sp³-hybridized carbons (Fsp3) is 0.944. The van der Waals surface area contributed by atoms with Crippen molar-refractivity contribution in [2.24, 2.45) is 0 Å². The van der Waals surface area contributed by atoms with E-state index in [0.29, 0.717) is 0 Å². The van der Waals surface area contributed by atoms with Crippen molar-refractivity contribution < 1.29 is 46.8 Å². The minimum absolute atomic E-state index is 0.151. The molecule has 0 amide bonds. The predicted molar refractivity (Wildman–Crippen MR) is 99.2 cm³/mol. The summed E-state index contributed by atoms with van der Waals surface area (Å²) in [6.07, 6.45) is -3.84. The van der Waals surface area contributed by atoms with Crippen LogP contribution in [0.25, 0.3) is 0 Å². The third-order valence-electron chi connectivity index (χ3n) is 4.67. The predicted octanol–water partition coefficient (Wildman–Crippen LogP) is 2.19. The van der Waals surface area contributed by atoms with Gasteiger partial charge in [0.2, 0.25) is 0 Å². The van der Waals surface area contributed by atoms with Crippen LogP contribution < -0.4 is 0 Å². The first kappa shape index (κ1) is 23.1. The molecule has 0 N–H and O–H groups in total. The van der Waals surface area contributed by atoms with Crippen LogP contribution >= 0.6 is 7.60 Å². The van der Waals surface area contributed by atoms with Crippen LogP contribution in [0.15, 0.2) is 0 Å². The second-order valence-corrected chi connectivity index (χ2v) is 10.0. The zero-order valence-corrected chi connectivity index (χ0v) is 18.6. The number of ether oxygens (including phenoxy) is 6. The molecular weight excluding hydrogens is 407 g/mol. The third kappa shape index (κ3) is 5.37. The highest BCUT2D eigenvalue weighted by atomic mass is 31.2. The molecule has 0 aliphatic carbocycles. The zero-order chi connectivity index (χ0) is 21.4. The van der Waals surface area contributed by atoms with Crippen molar-refractivity contribution in [3.63, 3.8) is 0 Å². The van der Waals surface area contributed by atoms with Gasteiger partial charge in [0.15, 0.2) is 30.1 Å². The molecule has 0 bridgehead atoms. The van der Waals surface area contributed by atoms with Crippen LogP contribution in [0.3, 0.4) is 0 Å². The van der Waals surface area contributed by atoms with Gasteiger partial charge >= 0.3 is 13.6 Å². The summed E-state index contributed by atoms with van der Waals surface area (Å²) in [5, 5.41) is 0. The first-order chi connectivity index (χ1) is 13.5. The largest absolute Gasteiger partial charge is 0.456 e. The molecule has 3 aliphatic heterocycles. The van der Waals surface area contributed by atoms with E-state index in [-0.39, 0.29) is 19.8 Å². The van der Waals surface area contributed by atoms with Gasteiger partial charge in [-0.2, -0.15) is 0 Å². The monoisotopic (exact) mass is 438 g/mol. The number of rotatable bonds is 8. The van der Waals surface area contributed by atoms with Gasteiger partial charge in [0.25, 0.3) is 0 Å². The van der Waals surface area contributed by atoms with Crippen molar-refractivity contribution in [3.05, 3.63) is 0 Å². The number of carbonyl (C=O) groups is 1. The lowest BCUT2D eigenvalue weighted by Gasteiger charge is -2.29. The molecule has 29 heavy (non-hydrogen) atoms. The SMILES string of the molecule is CCOP(=O)(CC(=O)O[C@@H]1[C@H]2OC(C)(C)O[C@H]2O[C@@H]1[C@H]1COC(C)(C)O1)OCC. The van der Waals surface area contributed by atoms with Gasteiger partial charge in [-0.25, -0.2) is 0 Å². The highest BCUT2D eigenvalue weighted by Gasteiger charge is 2.60. The Hall–Kier alpha value is -0.580. The quantitative estimate of drug-likeness (QED) is 0.413. The van der Waals surface area contributed by atoms with Crippen LogP contribution in [0.1, 0.15) is 41.5 Å². The molecule has 10 nitrogen and oxygen atoms in total. The van der Waals surface area contributed by atoms with Gasteiger partial charge in [0, 0.05) is 0 Å². The fourth-order valence-electron chi connectivity index (χ4n) is 3.68. The lowest BCUT2D eigenvalue weighted by atomic mass is 10.1. The summed E-state index contributed by atoms with van der Waals surface area (Å²) >= 11 is 0. The second kappa shape index (κ2) is 8.51. The Bertz CT molecular complexity index is 641. The topological polar surface area (TPSA) is 108 Å². The third-order valence-corrected chi connectivity index (χ3v) is 6.61. The number of hydrogen-bond acceptors (Lipinski definition) is 10. The molecule has 3 fully saturated rings. The number of esters is 1. The lowest BCUT2D eigenvalue weighted by Crippen LogP contribution is -2.45. The Labute approximate surface area is 170 Å². The van der Waals surface area contributed by atoms with E-state index in [2.05, 4.69) is 0 Å². The molecule has 11 heteroatoms. The van der Waals surface area contributed by atoms with Crippen LogP contribution in [-0.4, -0.2) is 74.2 Å². The van der Waals surface area contributed by atoms with Crippen molar-refractivity contribution in [1.29, 1.82) is 0 Å². The second-order valence-electron chi connectivity index (χ2n) is 8.00. The first-order valence-electron chi connectivity index (χ1n) is 9.88. The molecule has 3 heterocycles. The maximum absolute atomic E-state index is 12.7. The summed E-state index contributed by atoms with van der Waals surface area (Å²) in [5.41, 5.74) is 0. The Morgan fingerprint density at radius 3 is 2.21 bits per heavy atom. The lowest BCUT2D eigenvalue weighted by molar-refractivity contribution is -0.235. The molecule has 0 aromatic heterocycles. The van der Waals surface area contributed by atoms with Crippen molar-refractivity contribution in [2.45, 2.75) is 83.8 Å². The standard InChI is InChI=1S/C18H31O10P/c1-7-22-29(20,23-8-2)10-12(19)24-14-13(11-9-21-17(3,4)26-11)25-16-15(14)27-18(5,6)28-16/h11,13-16H,7-10H2,1-6H3/t11-,13-,14+,15-,16-/m1/s1. The summed E-state index contributed by atoms with van der Waals surface area (Å²) in [6.45, 7) is 11.0. The molecule has 0 spiro atoms. The number of fused-ring (bicyclic) bond motifs is 1. The molecule has 3 aliphatic rings. The molecule has 168 valence electrons. The zero-order valence-electron chi connectivity index (χ0n) is 17.7. The smallest absolute Gasteiger partial charge is 0.341 e. The van der Waals surface area contributed by atoms with E-state index in [4.69, 9.17) is 37.5 Å². The molecule has 0 saturated carbocycles. The molecule has 3 rings (SSSR count). The molecule has 0 unspecified atom stereocenters. The van der Waals surface area contributed by atoms with Crippen LogP contribution in [-0.2, 0) is 46.8 Å². The summed E-state index contributed by atoms with van der Waals surface area (Å²) in [6, 6.07) is 0. The van der Waals surface area contributed by atoms with Gasteiger partial charge in [-0.1, -0.05) is 0 Å². The van der Waals surface area contributed by atoms with Crippen molar-refractivity contribution in [3.8, 4) is 0 Å². The normalized spacial score (nSPS) is 35.6. The maximum atomic E-state index is 12.7. The van der Waals surface area contributed by atoms with E-state index in [0.717, 1.165) is 0 Å². The summed E-state index contributed by atoms with van der Waals surface area (Å²) in [4.78, 5) is 12.6. The van der Waals surface area contributed by atoms with Gasteiger partial charge in [-0.15, -0.1) is 0 Å². The van der Waals surface area contributed by atoms with Crippen LogP contribution in [0.5, 0.6) is 0 Å². The minimum Gasteiger partial charge on any atom is -0.456 e. The average molecular weight is 438 g/mol. The summed E-state index contributed by atoms with van der Waals surface area (Å²) < 4.78 is 57.8. The maximum Gasteiger partial charge on any atom is 0.341 e. The highest BCUT2D eigenvalue weighted by Crippen LogP contribution is 2.48. The molecular formula is C18H31O10P. The number of hydrogen-bond donors (Lipinski definition) is 0. The molecule has 0 aromatic rings. The van der Waals surface area contributed by atoms with Crippen molar-refractivity contribution in [2.75, 3.05) is 26.0 Å². The Morgan fingerprint density at radius 1 is 1.00 bits per heavy atom. The summed E-state index contributed by atoms with van der Waals surface area (Å²) in [7, 11) is -3.59. The molecule has 3 saturated heterocycles. The van der Waals surface area contributed by atoms with E-state index in [1.165, 1.54) is 0 Å². The van der Waals surface area contributed by atoms with E-state index in [1.807, 2.05) is 0 Å². The fourth-order valence-corrected chi connectivity index (χ4v) is 5.12. The van der Waals surface area contributed by atoms with Crippen molar-refractivity contribution in [1.82, 2.24) is 0 Å². The highest BCUT2D eigenvalue weighted by molar-refractivity contribution is 7.54. The van der Waals surface area contributed by atoms with Gasteiger partial charge < -0.3 is 37.5 Å². The van der Waals surface area contributed by atoms with Crippen LogP contribution in [0.2, 0.25) is 0 Å². The Morgan fingerprint density at radius 2 is 1.66 bits per heavy atom. The van der Waals surface area contributed by atoms with E-state index < -0.39 is 62.0 Å². The Balaban J connectivity index is 1.73. The van der Waals surface area contributed by atoms with E-state index in [1.54, 1.807) is 41.5 Å². The van der Waals surface area contributed by atoms with Crippen LogP contribution in [0.4, 0.5) is 0 Å². The molecule has 0 radical (unpaired) electrons. The molecule has 0 aromatic carbocycles. The van der Waals surface area contributed by atoms with E-state index >= 15 is 0 Å². The van der Waals surface area contributed by atoms with Crippen molar-refractivity contribution >= 4 is 13.6 Å². The van der Waals surface area contributed by atoms with Gasteiger partial charge in [0.05, 0.1) is 19.8 Å².